The molecule has 1 fully saturated rings. The standard InChI is InChI=1S/C24H32FN3O3S/c1-26(2)16-17-27(18-20-8-10-23(25)11-9-20)24(29)22-12-14-28(15-13-22)32(30,31)19-21-6-4-3-5-7-21/h3-11,22H,12-19H2,1-2H3. The van der Waals surface area contributed by atoms with E-state index in [-0.39, 0.29) is 23.4 Å². The summed E-state index contributed by atoms with van der Waals surface area (Å²) in [5.74, 6) is -0.493. The first kappa shape index (κ1) is 24.4. The smallest absolute Gasteiger partial charge is 0.226 e. The fraction of sp³-hybridized carbons (Fsp3) is 0.458. The van der Waals surface area contributed by atoms with E-state index in [1.807, 2.05) is 54.2 Å². The van der Waals surface area contributed by atoms with E-state index in [1.54, 1.807) is 12.1 Å². The fourth-order valence-electron chi connectivity index (χ4n) is 3.91. The fourth-order valence-corrected chi connectivity index (χ4v) is 5.48. The highest BCUT2D eigenvalue weighted by atomic mass is 32.2. The summed E-state index contributed by atoms with van der Waals surface area (Å²) in [6.45, 7) is 2.40. The Morgan fingerprint density at radius 1 is 0.969 bits per heavy atom. The second-order valence-corrected chi connectivity index (χ2v) is 10.6. The van der Waals surface area contributed by atoms with Crippen molar-refractivity contribution < 1.29 is 17.6 Å². The minimum Gasteiger partial charge on any atom is -0.337 e. The van der Waals surface area contributed by atoms with Crippen LogP contribution < -0.4 is 0 Å². The van der Waals surface area contributed by atoms with Gasteiger partial charge in [-0.1, -0.05) is 42.5 Å². The van der Waals surface area contributed by atoms with E-state index in [0.29, 0.717) is 39.0 Å². The van der Waals surface area contributed by atoms with Crippen LogP contribution in [0.1, 0.15) is 24.0 Å². The lowest BCUT2D eigenvalue weighted by molar-refractivity contribution is -0.137. The Morgan fingerprint density at radius 3 is 2.19 bits per heavy atom. The van der Waals surface area contributed by atoms with E-state index in [9.17, 15) is 17.6 Å². The average molecular weight is 462 g/mol. The van der Waals surface area contributed by atoms with E-state index in [1.165, 1.54) is 16.4 Å². The van der Waals surface area contributed by atoms with Crippen LogP contribution in [0.2, 0.25) is 0 Å². The van der Waals surface area contributed by atoms with Gasteiger partial charge in [0.05, 0.1) is 5.75 Å². The molecule has 1 heterocycles. The third-order valence-corrected chi connectivity index (χ3v) is 7.65. The normalized spacial score (nSPS) is 15.8. The molecule has 0 spiro atoms. The predicted molar refractivity (Wildman–Crippen MR) is 124 cm³/mol. The summed E-state index contributed by atoms with van der Waals surface area (Å²) in [4.78, 5) is 17.1. The molecule has 8 heteroatoms. The molecule has 2 aromatic carbocycles. The van der Waals surface area contributed by atoms with Crippen LogP contribution in [-0.4, -0.2) is 68.7 Å². The minimum absolute atomic E-state index is 0.0218. The van der Waals surface area contributed by atoms with Crippen molar-refractivity contribution in [3.05, 3.63) is 71.5 Å². The van der Waals surface area contributed by atoms with Crippen LogP contribution in [-0.2, 0) is 27.1 Å². The van der Waals surface area contributed by atoms with Gasteiger partial charge in [-0.3, -0.25) is 4.79 Å². The van der Waals surface area contributed by atoms with Crippen molar-refractivity contribution in [2.45, 2.75) is 25.1 Å². The Morgan fingerprint density at radius 2 is 1.59 bits per heavy atom. The van der Waals surface area contributed by atoms with Gasteiger partial charge in [-0.15, -0.1) is 0 Å². The van der Waals surface area contributed by atoms with Crippen molar-refractivity contribution in [3.63, 3.8) is 0 Å². The molecule has 174 valence electrons. The maximum atomic E-state index is 13.3. The molecule has 0 N–H and O–H groups in total. The number of piperidine rings is 1. The number of hydrogen-bond donors (Lipinski definition) is 0. The van der Waals surface area contributed by atoms with Gasteiger partial charge in [-0.05, 0) is 50.2 Å². The highest BCUT2D eigenvalue weighted by Crippen LogP contribution is 2.24. The number of carbonyl (C=O) groups excluding carboxylic acids is 1. The highest BCUT2D eigenvalue weighted by Gasteiger charge is 2.33. The molecule has 0 radical (unpaired) electrons. The average Bonchev–Trinajstić information content (AvgIpc) is 2.78. The Hall–Kier alpha value is -2.29. The predicted octanol–water partition coefficient (Wildman–Crippen LogP) is 2.96. The third-order valence-electron chi connectivity index (χ3n) is 5.80. The van der Waals surface area contributed by atoms with Gasteiger partial charge in [0.2, 0.25) is 15.9 Å². The molecule has 1 amide bonds. The number of nitrogens with zero attached hydrogens (tertiary/aromatic N) is 3. The van der Waals surface area contributed by atoms with Gasteiger partial charge in [0.25, 0.3) is 0 Å². The van der Waals surface area contributed by atoms with E-state index < -0.39 is 10.0 Å². The van der Waals surface area contributed by atoms with E-state index in [2.05, 4.69) is 0 Å². The van der Waals surface area contributed by atoms with Crippen LogP contribution in [0.3, 0.4) is 0 Å². The first-order valence-electron chi connectivity index (χ1n) is 10.9. The van der Waals surface area contributed by atoms with Crippen molar-refractivity contribution >= 4 is 15.9 Å². The molecule has 0 aliphatic carbocycles. The summed E-state index contributed by atoms with van der Waals surface area (Å²) in [7, 11) is 0.496. The van der Waals surface area contributed by atoms with Crippen LogP contribution in [0, 0.1) is 11.7 Å². The zero-order valence-electron chi connectivity index (χ0n) is 18.8. The maximum Gasteiger partial charge on any atom is 0.226 e. The second-order valence-electron chi connectivity index (χ2n) is 8.60. The molecule has 0 bridgehead atoms. The van der Waals surface area contributed by atoms with Crippen LogP contribution in [0.25, 0.3) is 0 Å². The number of carbonyl (C=O) groups is 1. The number of hydrogen-bond acceptors (Lipinski definition) is 4. The lowest BCUT2D eigenvalue weighted by atomic mass is 9.96. The summed E-state index contributed by atoms with van der Waals surface area (Å²) in [6.07, 6.45) is 1.02. The molecule has 1 saturated heterocycles. The monoisotopic (exact) mass is 461 g/mol. The number of amides is 1. The molecule has 6 nitrogen and oxygen atoms in total. The van der Waals surface area contributed by atoms with E-state index in [4.69, 9.17) is 0 Å². The molecular formula is C24H32FN3O3S. The number of benzene rings is 2. The molecule has 0 aromatic heterocycles. The summed E-state index contributed by atoms with van der Waals surface area (Å²) < 4.78 is 40.4. The maximum absolute atomic E-state index is 13.3. The van der Waals surface area contributed by atoms with Gasteiger partial charge in [0.1, 0.15) is 5.82 Å². The molecule has 1 aliphatic rings. The summed E-state index contributed by atoms with van der Waals surface area (Å²) >= 11 is 0. The number of sulfonamides is 1. The van der Waals surface area contributed by atoms with Crippen LogP contribution in [0.4, 0.5) is 4.39 Å². The van der Waals surface area contributed by atoms with E-state index in [0.717, 1.165) is 17.7 Å². The first-order valence-corrected chi connectivity index (χ1v) is 12.6. The van der Waals surface area contributed by atoms with Gasteiger partial charge in [-0.2, -0.15) is 0 Å². The molecule has 32 heavy (non-hydrogen) atoms. The van der Waals surface area contributed by atoms with Crippen LogP contribution in [0.15, 0.2) is 54.6 Å². The van der Waals surface area contributed by atoms with Gasteiger partial charge in [0.15, 0.2) is 0 Å². The van der Waals surface area contributed by atoms with Crippen molar-refractivity contribution in [1.29, 1.82) is 0 Å². The van der Waals surface area contributed by atoms with Crippen molar-refractivity contribution in [3.8, 4) is 0 Å². The highest BCUT2D eigenvalue weighted by molar-refractivity contribution is 7.88. The number of likely N-dealkylation sites (N-methyl/N-ethyl adjacent to an activating group) is 1. The first-order chi connectivity index (χ1) is 15.2. The molecular weight excluding hydrogens is 429 g/mol. The Labute approximate surface area is 190 Å². The third kappa shape index (κ3) is 6.85. The van der Waals surface area contributed by atoms with Crippen LogP contribution >= 0.6 is 0 Å². The molecule has 0 unspecified atom stereocenters. The Bertz CT molecular complexity index is 973. The second kappa shape index (κ2) is 11.0. The largest absolute Gasteiger partial charge is 0.337 e. The Kier molecular flexibility index (Phi) is 8.39. The molecule has 0 saturated carbocycles. The van der Waals surface area contributed by atoms with Crippen molar-refractivity contribution in [2.24, 2.45) is 5.92 Å². The van der Waals surface area contributed by atoms with Crippen molar-refractivity contribution in [1.82, 2.24) is 14.1 Å². The van der Waals surface area contributed by atoms with Gasteiger partial charge < -0.3 is 9.80 Å². The summed E-state index contributed by atoms with van der Waals surface area (Å²) in [5, 5.41) is 0. The summed E-state index contributed by atoms with van der Waals surface area (Å²) in [5.41, 5.74) is 1.64. The Balaban J connectivity index is 1.62. The zero-order valence-corrected chi connectivity index (χ0v) is 19.6. The number of rotatable bonds is 9. The molecule has 2 aromatic rings. The van der Waals surface area contributed by atoms with Gasteiger partial charge >= 0.3 is 0 Å². The number of halogens is 1. The quantitative estimate of drug-likeness (QED) is 0.576. The lowest BCUT2D eigenvalue weighted by Crippen LogP contribution is -2.45. The SMILES string of the molecule is CN(C)CCN(Cc1ccc(F)cc1)C(=O)C1CCN(S(=O)(=O)Cc2ccccc2)CC1. The minimum atomic E-state index is -3.41. The topological polar surface area (TPSA) is 60.9 Å². The van der Waals surface area contributed by atoms with E-state index >= 15 is 0 Å². The zero-order chi connectivity index (χ0) is 23.1. The van der Waals surface area contributed by atoms with Crippen LogP contribution in [0.5, 0.6) is 0 Å². The molecule has 3 rings (SSSR count). The summed E-state index contributed by atoms with van der Waals surface area (Å²) in [6, 6.07) is 15.4. The molecule has 0 atom stereocenters. The van der Waals surface area contributed by atoms with Gasteiger partial charge in [0, 0.05) is 38.6 Å². The molecule has 1 aliphatic heterocycles. The van der Waals surface area contributed by atoms with Gasteiger partial charge in [-0.25, -0.2) is 17.1 Å². The van der Waals surface area contributed by atoms with Crippen molar-refractivity contribution in [2.75, 3.05) is 40.3 Å². The lowest BCUT2D eigenvalue weighted by Gasteiger charge is -2.34.